The lowest BCUT2D eigenvalue weighted by Gasteiger charge is -2.35. The molecule has 1 aliphatic rings. The second-order valence-corrected chi connectivity index (χ2v) is 12.4. The minimum absolute atomic E-state index is 0.0589. The Kier molecular flexibility index (Phi) is 7.59. The summed E-state index contributed by atoms with van der Waals surface area (Å²) in [6.07, 6.45) is 6.75. The van der Waals surface area contributed by atoms with E-state index in [2.05, 4.69) is 25.7 Å². The molecule has 1 aliphatic carbocycles. The lowest BCUT2D eigenvalue weighted by molar-refractivity contribution is 0.0889. The van der Waals surface area contributed by atoms with Gasteiger partial charge in [0, 0.05) is 19.3 Å². The van der Waals surface area contributed by atoms with Crippen LogP contribution in [0, 0.1) is 5.92 Å². The molecule has 5 rings (SSSR count). The molecule has 39 heavy (non-hydrogen) atoms. The summed E-state index contributed by atoms with van der Waals surface area (Å²) in [7, 11) is 1.92. The molecule has 0 bridgehead atoms. The molecule has 1 saturated carbocycles. The molecule has 2 aromatic heterocycles. The number of carbonyl (C=O) groups is 1. The van der Waals surface area contributed by atoms with Crippen molar-refractivity contribution in [3.63, 3.8) is 0 Å². The van der Waals surface area contributed by atoms with Crippen molar-refractivity contribution in [3.05, 3.63) is 60.6 Å². The first-order valence-corrected chi connectivity index (χ1v) is 14.9. The number of hydrogen-bond acceptors (Lipinski definition) is 7. The standard InChI is InChI=1S/C29H35N5O4S/c1-19(21-7-8-23-16-25(38-4)12-9-22(23)15-21)29(35)34-14-13-26-27(31-18-32-28(26)34)33(3)24-10-5-20(6-11-24)17-39(36,37)30-2/h7-9,12-16,18-20,24,30H,5-6,10-11,17H2,1-4H3/t19-,20?,24?/m0/s1. The van der Waals surface area contributed by atoms with Crippen molar-refractivity contribution in [2.75, 3.05) is 31.9 Å². The van der Waals surface area contributed by atoms with E-state index in [4.69, 9.17) is 4.74 Å². The predicted octanol–water partition coefficient (Wildman–Crippen LogP) is 4.58. The Labute approximate surface area is 229 Å². The SMILES string of the molecule is CNS(=O)(=O)CC1CCC(N(C)c2ncnc3c2ccn3C(=O)[C@@H](C)c2ccc3cc(OC)ccc3c2)CC1. The number of benzene rings is 2. The fourth-order valence-corrected chi connectivity index (χ4v) is 6.77. The lowest BCUT2D eigenvalue weighted by atomic mass is 9.86. The fraction of sp³-hybridized carbons (Fsp3) is 0.414. The Balaban J connectivity index is 1.34. The minimum Gasteiger partial charge on any atom is -0.497 e. The van der Waals surface area contributed by atoms with Crippen LogP contribution in [0.25, 0.3) is 21.8 Å². The number of sulfonamides is 1. The van der Waals surface area contributed by atoms with E-state index < -0.39 is 10.0 Å². The van der Waals surface area contributed by atoms with Gasteiger partial charge in [0.15, 0.2) is 5.65 Å². The third kappa shape index (κ3) is 5.49. The monoisotopic (exact) mass is 549 g/mol. The highest BCUT2D eigenvalue weighted by molar-refractivity contribution is 7.89. The van der Waals surface area contributed by atoms with Gasteiger partial charge in [-0.25, -0.2) is 23.1 Å². The number of rotatable bonds is 8. The van der Waals surface area contributed by atoms with Gasteiger partial charge in [0.2, 0.25) is 15.9 Å². The van der Waals surface area contributed by atoms with E-state index >= 15 is 0 Å². The van der Waals surface area contributed by atoms with Gasteiger partial charge in [-0.1, -0.05) is 24.3 Å². The first kappa shape index (κ1) is 27.1. The second kappa shape index (κ2) is 10.9. The van der Waals surface area contributed by atoms with Crippen LogP contribution in [0.15, 0.2) is 55.0 Å². The zero-order valence-electron chi connectivity index (χ0n) is 22.8. The third-order valence-electron chi connectivity index (χ3n) is 8.10. The second-order valence-electron chi connectivity index (χ2n) is 10.4. The molecule has 1 fully saturated rings. The maximum absolute atomic E-state index is 13.6. The van der Waals surface area contributed by atoms with Crippen LogP contribution in [0.3, 0.4) is 0 Å². The average Bonchev–Trinajstić information content (AvgIpc) is 3.40. The van der Waals surface area contributed by atoms with Gasteiger partial charge in [0.25, 0.3) is 0 Å². The van der Waals surface area contributed by atoms with Crippen LogP contribution < -0.4 is 14.4 Å². The highest BCUT2D eigenvalue weighted by Gasteiger charge is 2.29. The van der Waals surface area contributed by atoms with Crippen LogP contribution in [0.2, 0.25) is 0 Å². The molecule has 0 spiro atoms. The van der Waals surface area contributed by atoms with Gasteiger partial charge >= 0.3 is 0 Å². The van der Waals surface area contributed by atoms with Gasteiger partial charge in [0.1, 0.15) is 17.9 Å². The summed E-state index contributed by atoms with van der Waals surface area (Å²) < 4.78 is 33.3. The number of nitrogens with one attached hydrogen (secondary N) is 1. The van der Waals surface area contributed by atoms with Crippen molar-refractivity contribution in [2.45, 2.75) is 44.6 Å². The summed E-state index contributed by atoms with van der Waals surface area (Å²) in [5, 5.41) is 2.93. The van der Waals surface area contributed by atoms with Crippen molar-refractivity contribution in [1.82, 2.24) is 19.3 Å². The van der Waals surface area contributed by atoms with Crippen LogP contribution in [0.4, 0.5) is 5.82 Å². The van der Waals surface area contributed by atoms with E-state index in [0.717, 1.165) is 59.0 Å². The quantitative estimate of drug-likeness (QED) is 0.343. The molecule has 0 amide bonds. The Morgan fingerprint density at radius 1 is 1.10 bits per heavy atom. The van der Waals surface area contributed by atoms with Crippen molar-refractivity contribution < 1.29 is 17.9 Å². The minimum atomic E-state index is -3.21. The molecular weight excluding hydrogens is 514 g/mol. The van der Waals surface area contributed by atoms with Gasteiger partial charge < -0.3 is 9.64 Å². The number of aromatic nitrogens is 3. The predicted molar refractivity (Wildman–Crippen MR) is 154 cm³/mol. The van der Waals surface area contributed by atoms with E-state index in [9.17, 15) is 13.2 Å². The summed E-state index contributed by atoms with van der Waals surface area (Å²) >= 11 is 0. The maximum Gasteiger partial charge on any atom is 0.239 e. The molecule has 206 valence electrons. The zero-order valence-corrected chi connectivity index (χ0v) is 23.6. The fourth-order valence-electron chi connectivity index (χ4n) is 5.65. The number of hydrogen-bond donors (Lipinski definition) is 1. The lowest BCUT2D eigenvalue weighted by Crippen LogP contribution is -2.38. The summed E-state index contributed by atoms with van der Waals surface area (Å²) in [6, 6.07) is 14.1. The van der Waals surface area contributed by atoms with Crippen LogP contribution >= 0.6 is 0 Å². The highest BCUT2D eigenvalue weighted by Crippen LogP contribution is 2.33. The van der Waals surface area contributed by atoms with Crippen molar-refractivity contribution in [2.24, 2.45) is 5.92 Å². The molecule has 0 unspecified atom stereocenters. The van der Waals surface area contributed by atoms with E-state index in [1.165, 1.54) is 13.4 Å². The number of nitrogens with zero attached hydrogens (tertiary/aromatic N) is 4. The van der Waals surface area contributed by atoms with Crippen LogP contribution in [-0.4, -0.2) is 61.9 Å². The van der Waals surface area contributed by atoms with Gasteiger partial charge in [-0.15, -0.1) is 0 Å². The molecule has 0 aliphatic heterocycles. The number of ether oxygens (including phenoxy) is 1. The van der Waals surface area contributed by atoms with E-state index in [0.29, 0.717) is 5.65 Å². The van der Waals surface area contributed by atoms with E-state index in [1.807, 2.05) is 50.4 Å². The van der Waals surface area contributed by atoms with Gasteiger partial charge in [-0.2, -0.15) is 0 Å². The van der Waals surface area contributed by atoms with E-state index in [-0.39, 0.29) is 29.5 Å². The van der Waals surface area contributed by atoms with Crippen molar-refractivity contribution in [1.29, 1.82) is 0 Å². The number of methoxy groups -OCH3 is 1. The Morgan fingerprint density at radius 2 is 1.82 bits per heavy atom. The Hall–Kier alpha value is -3.50. The Morgan fingerprint density at radius 3 is 2.54 bits per heavy atom. The molecule has 0 saturated heterocycles. The molecule has 10 heteroatoms. The highest BCUT2D eigenvalue weighted by atomic mass is 32.2. The van der Waals surface area contributed by atoms with Gasteiger partial charge in [-0.3, -0.25) is 9.36 Å². The molecule has 0 radical (unpaired) electrons. The first-order chi connectivity index (χ1) is 18.7. The number of anilines is 1. The summed E-state index contributed by atoms with van der Waals surface area (Å²) in [6.45, 7) is 1.92. The molecule has 4 aromatic rings. The first-order valence-electron chi connectivity index (χ1n) is 13.3. The third-order valence-corrected chi connectivity index (χ3v) is 9.64. The normalized spacial score (nSPS) is 18.8. The molecule has 1 atom stereocenters. The largest absolute Gasteiger partial charge is 0.497 e. The molecular formula is C29H35N5O4S. The Bertz CT molecular complexity index is 1610. The van der Waals surface area contributed by atoms with Crippen LogP contribution in [0.5, 0.6) is 5.75 Å². The summed E-state index contributed by atoms with van der Waals surface area (Å²) in [5.41, 5.74) is 1.52. The molecule has 9 nitrogen and oxygen atoms in total. The van der Waals surface area contributed by atoms with Crippen molar-refractivity contribution in [3.8, 4) is 5.75 Å². The molecule has 2 heterocycles. The summed E-state index contributed by atoms with van der Waals surface area (Å²) in [5.74, 6) is 1.49. The van der Waals surface area contributed by atoms with Gasteiger partial charge in [-0.05, 0) is 80.1 Å². The molecule has 2 aromatic carbocycles. The van der Waals surface area contributed by atoms with Crippen LogP contribution in [0.1, 0.15) is 48.9 Å². The van der Waals surface area contributed by atoms with Crippen molar-refractivity contribution >= 4 is 43.6 Å². The van der Waals surface area contributed by atoms with E-state index in [1.54, 1.807) is 17.9 Å². The maximum atomic E-state index is 13.6. The molecule has 1 N–H and O–H groups in total. The smallest absolute Gasteiger partial charge is 0.239 e. The average molecular weight is 550 g/mol. The summed E-state index contributed by atoms with van der Waals surface area (Å²) in [4.78, 5) is 24.8. The zero-order chi connectivity index (χ0) is 27.7. The topological polar surface area (TPSA) is 106 Å². The van der Waals surface area contributed by atoms with Crippen LogP contribution in [-0.2, 0) is 10.0 Å². The van der Waals surface area contributed by atoms with Gasteiger partial charge in [0.05, 0.1) is 24.2 Å². The number of carbonyl (C=O) groups excluding carboxylic acids is 1. The number of fused-ring (bicyclic) bond motifs is 2.